The first-order valence-electron chi connectivity index (χ1n) is 10.5. The van der Waals surface area contributed by atoms with Gasteiger partial charge in [-0.05, 0) is 55.7 Å². The average molecular weight is 482 g/mol. The van der Waals surface area contributed by atoms with Gasteiger partial charge in [0.05, 0.1) is 13.7 Å². The number of nitrogens with zero attached hydrogens (tertiary/aromatic N) is 1. The van der Waals surface area contributed by atoms with Gasteiger partial charge in [-0.3, -0.25) is 4.79 Å². The van der Waals surface area contributed by atoms with Crippen molar-refractivity contribution in [2.75, 3.05) is 26.8 Å². The van der Waals surface area contributed by atoms with Crippen LogP contribution in [-0.2, 0) is 11.3 Å². The highest BCUT2D eigenvalue weighted by atomic mass is 35.5. The van der Waals surface area contributed by atoms with Gasteiger partial charge in [-0.2, -0.15) is 0 Å². The number of halogens is 2. The van der Waals surface area contributed by atoms with Gasteiger partial charge in [0.25, 0.3) is 5.91 Å². The van der Waals surface area contributed by atoms with Crippen LogP contribution in [0.3, 0.4) is 0 Å². The van der Waals surface area contributed by atoms with E-state index in [2.05, 4.69) is 5.32 Å². The van der Waals surface area contributed by atoms with Crippen LogP contribution in [0.1, 0.15) is 35.7 Å². The molecule has 1 aliphatic rings. The van der Waals surface area contributed by atoms with E-state index in [-0.39, 0.29) is 48.5 Å². The fraction of sp³-hybridized carbons (Fsp3) is 0.391. The van der Waals surface area contributed by atoms with Crippen molar-refractivity contribution in [2.24, 2.45) is 5.73 Å². The predicted molar refractivity (Wildman–Crippen MR) is 124 cm³/mol. The summed E-state index contributed by atoms with van der Waals surface area (Å²) in [6.45, 7) is 3.34. The Hall–Kier alpha value is -3.04. The molecule has 10 heteroatoms. The first-order valence-corrected chi connectivity index (χ1v) is 10.5. The second-order valence-corrected chi connectivity index (χ2v) is 7.37. The minimum absolute atomic E-state index is 0. The van der Waals surface area contributed by atoms with Crippen molar-refractivity contribution in [1.29, 1.82) is 0 Å². The largest absolute Gasteiger partial charge is 0.493 e. The Bertz CT molecular complexity index is 967. The molecule has 33 heavy (non-hydrogen) atoms. The Labute approximate surface area is 198 Å². The standard InChI is InChI=1S/C23H28FN3O5.ClH/c1-3-31-23(29)27-10-8-17(9-11-27)26-22(28)16-5-7-20(30-2)21(13-16)32-19-6-4-15(14-25)12-18(19)24;/h4-7,12-13,17H,3,8-11,14,25H2,1-2H3,(H,26,28);1H. The number of nitrogens with two attached hydrogens (primary N) is 1. The zero-order valence-electron chi connectivity index (χ0n) is 18.6. The topological polar surface area (TPSA) is 103 Å². The van der Waals surface area contributed by atoms with Crippen molar-refractivity contribution in [3.8, 4) is 17.2 Å². The van der Waals surface area contributed by atoms with E-state index in [4.69, 9.17) is 19.9 Å². The molecule has 2 aromatic carbocycles. The van der Waals surface area contributed by atoms with Crippen molar-refractivity contribution in [3.63, 3.8) is 0 Å². The zero-order chi connectivity index (χ0) is 23.1. The van der Waals surface area contributed by atoms with Crippen molar-refractivity contribution in [1.82, 2.24) is 10.2 Å². The molecular weight excluding hydrogens is 453 g/mol. The van der Waals surface area contributed by atoms with Gasteiger partial charge in [0.1, 0.15) is 0 Å². The Balaban J connectivity index is 0.00000385. The molecular formula is C23H29ClFN3O5. The van der Waals surface area contributed by atoms with Crippen LogP contribution in [0.2, 0.25) is 0 Å². The maximum absolute atomic E-state index is 14.3. The second-order valence-electron chi connectivity index (χ2n) is 7.37. The normalized spacial score (nSPS) is 13.6. The minimum atomic E-state index is -0.557. The highest BCUT2D eigenvalue weighted by molar-refractivity contribution is 5.95. The van der Waals surface area contributed by atoms with Gasteiger partial charge in [-0.1, -0.05) is 6.07 Å². The number of hydrogen-bond donors (Lipinski definition) is 2. The van der Waals surface area contributed by atoms with Crippen LogP contribution in [0.15, 0.2) is 36.4 Å². The molecule has 8 nitrogen and oxygen atoms in total. The zero-order valence-corrected chi connectivity index (χ0v) is 19.5. The number of amides is 2. The lowest BCUT2D eigenvalue weighted by molar-refractivity contribution is 0.0859. The van der Waals surface area contributed by atoms with Crippen LogP contribution in [0.25, 0.3) is 0 Å². The summed E-state index contributed by atoms with van der Waals surface area (Å²) >= 11 is 0. The third-order valence-corrected chi connectivity index (χ3v) is 5.23. The van der Waals surface area contributed by atoms with Crippen molar-refractivity contribution in [3.05, 3.63) is 53.3 Å². The molecule has 1 aliphatic heterocycles. The maximum Gasteiger partial charge on any atom is 0.409 e. The monoisotopic (exact) mass is 481 g/mol. The molecule has 0 atom stereocenters. The number of benzene rings is 2. The Morgan fingerprint density at radius 2 is 1.82 bits per heavy atom. The molecule has 0 saturated carbocycles. The summed E-state index contributed by atoms with van der Waals surface area (Å²) in [5.74, 6) is -0.253. The average Bonchev–Trinajstić information content (AvgIpc) is 2.80. The third kappa shape index (κ3) is 6.72. The van der Waals surface area contributed by atoms with E-state index in [0.29, 0.717) is 49.4 Å². The molecule has 1 heterocycles. The summed E-state index contributed by atoms with van der Waals surface area (Å²) in [6, 6.07) is 9.12. The summed E-state index contributed by atoms with van der Waals surface area (Å²) in [4.78, 5) is 26.2. The third-order valence-electron chi connectivity index (χ3n) is 5.23. The smallest absolute Gasteiger partial charge is 0.409 e. The summed E-state index contributed by atoms with van der Waals surface area (Å²) in [5.41, 5.74) is 6.53. The van der Waals surface area contributed by atoms with Crippen molar-refractivity contribution in [2.45, 2.75) is 32.4 Å². The number of carbonyl (C=O) groups excluding carboxylic acids is 2. The van der Waals surface area contributed by atoms with Crippen LogP contribution in [0, 0.1) is 5.82 Å². The number of nitrogens with one attached hydrogen (secondary N) is 1. The number of methoxy groups -OCH3 is 1. The molecule has 0 aromatic heterocycles. The second kappa shape index (κ2) is 12.3. The minimum Gasteiger partial charge on any atom is -0.493 e. The molecule has 2 aromatic rings. The van der Waals surface area contributed by atoms with Gasteiger partial charge in [-0.15, -0.1) is 12.4 Å². The van der Waals surface area contributed by atoms with E-state index in [0.717, 1.165) is 0 Å². The fourth-order valence-corrected chi connectivity index (χ4v) is 3.46. The van der Waals surface area contributed by atoms with Gasteiger partial charge >= 0.3 is 6.09 Å². The SMILES string of the molecule is CCOC(=O)N1CCC(NC(=O)c2ccc(OC)c(Oc3ccc(CN)cc3F)c2)CC1.Cl. The number of rotatable bonds is 7. The molecule has 180 valence electrons. The first kappa shape index (κ1) is 26.2. The molecule has 3 N–H and O–H groups in total. The molecule has 0 radical (unpaired) electrons. The van der Waals surface area contributed by atoms with Crippen LogP contribution < -0.4 is 20.5 Å². The Morgan fingerprint density at radius 1 is 1.12 bits per heavy atom. The quantitative estimate of drug-likeness (QED) is 0.622. The molecule has 2 amide bonds. The lowest BCUT2D eigenvalue weighted by atomic mass is 10.0. The highest BCUT2D eigenvalue weighted by Crippen LogP contribution is 2.34. The maximum atomic E-state index is 14.3. The Kier molecular flexibility index (Phi) is 9.74. The van der Waals surface area contributed by atoms with Gasteiger partial charge in [-0.25, -0.2) is 9.18 Å². The number of likely N-dealkylation sites (tertiary alicyclic amines) is 1. The van der Waals surface area contributed by atoms with Crippen LogP contribution in [0.4, 0.5) is 9.18 Å². The molecule has 0 spiro atoms. The highest BCUT2D eigenvalue weighted by Gasteiger charge is 2.25. The molecule has 0 aliphatic carbocycles. The Morgan fingerprint density at radius 3 is 2.42 bits per heavy atom. The van der Waals surface area contributed by atoms with Gasteiger partial charge in [0, 0.05) is 31.2 Å². The number of hydrogen-bond acceptors (Lipinski definition) is 6. The van der Waals surface area contributed by atoms with Gasteiger partial charge < -0.3 is 30.2 Å². The fourth-order valence-electron chi connectivity index (χ4n) is 3.46. The van der Waals surface area contributed by atoms with E-state index in [9.17, 15) is 14.0 Å². The summed E-state index contributed by atoms with van der Waals surface area (Å²) in [5, 5.41) is 2.98. The van der Waals surface area contributed by atoms with E-state index in [1.54, 1.807) is 30.0 Å². The lowest BCUT2D eigenvalue weighted by Crippen LogP contribution is -2.46. The number of piperidine rings is 1. The predicted octanol–water partition coefficient (Wildman–Crippen LogP) is 3.86. The first-order chi connectivity index (χ1) is 15.4. The molecule has 3 rings (SSSR count). The molecule has 1 fully saturated rings. The van der Waals surface area contributed by atoms with E-state index in [1.807, 2.05) is 0 Å². The number of carbonyl (C=O) groups is 2. The van der Waals surface area contributed by atoms with Crippen LogP contribution in [-0.4, -0.2) is 49.7 Å². The number of ether oxygens (including phenoxy) is 3. The van der Waals surface area contributed by atoms with Crippen LogP contribution >= 0.6 is 12.4 Å². The molecule has 0 bridgehead atoms. The van der Waals surface area contributed by atoms with E-state index in [1.165, 1.54) is 25.3 Å². The van der Waals surface area contributed by atoms with E-state index >= 15 is 0 Å². The van der Waals surface area contributed by atoms with Crippen molar-refractivity contribution >= 4 is 24.4 Å². The lowest BCUT2D eigenvalue weighted by Gasteiger charge is -2.31. The molecule has 1 saturated heterocycles. The van der Waals surface area contributed by atoms with E-state index < -0.39 is 5.82 Å². The van der Waals surface area contributed by atoms with Gasteiger partial charge in [0.15, 0.2) is 23.1 Å². The van der Waals surface area contributed by atoms with Crippen molar-refractivity contribution < 1.29 is 28.2 Å². The van der Waals surface area contributed by atoms with Crippen LogP contribution in [0.5, 0.6) is 17.2 Å². The summed E-state index contributed by atoms with van der Waals surface area (Å²) in [7, 11) is 1.47. The summed E-state index contributed by atoms with van der Waals surface area (Å²) < 4.78 is 30.3. The molecule has 0 unspecified atom stereocenters. The summed E-state index contributed by atoms with van der Waals surface area (Å²) in [6.07, 6.45) is 0.923. The van der Waals surface area contributed by atoms with Gasteiger partial charge in [0.2, 0.25) is 0 Å².